The maximum absolute atomic E-state index is 14.1. The lowest BCUT2D eigenvalue weighted by molar-refractivity contribution is -0.134. The first kappa shape index (κ1) is 20.3. The van der Waals surface area contributed by atoms with Crippen LogP contribution in [0.4, 0.5) is 8.78 Å². The Bertz CT molecular complexity index is 986. The van der Waals surface area contributed by atoms with Gasteiger partial charge in [-0.1, -0.05) is 17.7 Å². The van der Waals surface area contributed by atoms with Crippen LogP contribution in [0, 0.1) is 5.82 Å². The molecular formula is C22H23F2N3O3. The van der Waals surface area contributed by atoms with E-state index in [-0.39, 0.29) is 18.1 Å². The number of aliphatic hydroxyl groups is 2. The van der Waals surface area contributed by atoms with Gasteiger partial charge in [0.05, 0.1) is 12.3 Å². The van der Waals surface area contributed by atoms with Crippen LogP contribution in [0.5, 0.6) is 0 Å². The van der Waals surface area contributed by atoms with E-state index in [0.717, 1.165) is 11.8 Å². The molecule has 0 bridgehead atoms. The highest BCUT2D eigenvalue weighted by atomic mass is 19.1. The second-order valence-electron chi connectivity index (χ2n) is 7.58. The predicted molar refractivity (Wildman–Crippen MR) is 108 cm³/mol. The summed E-state index contributed by atoms with van der Waals surface area (Å²) >= 11 is 0. The van der Waals surface area contributed by atoms with Gasteiger partial charge in [-0.25, -0.2) is 8.78 Å². The molecule has 3 unspecified atom stereocenters. The highest BCUT2D eigenvalue weighted by Gasteiger charge is 2.45. The molecule has 0 radical (unpaired) electrons. The Labute approximate surface area is 173 Å². The van der Waals surface area contributed by atoms with Crippen molar-refractivity contribution in [1.29, 1.82) is 0 Å². The van der Waals surface area contributed by atoms with Crippen LogP contribution in [0.1, 0.15) is 31.2 Å². The summed E-state index contributed by atoms with van der Waals surface area (Å²) in [4.78, 5) is 14.4. The lowest BCUT2D eigenvalue weighted by Gasteiger charge is -2.46. The summed E-state index contributed by atoms with van der Waals surface area (Å²) in [6.45, 7) is 2.44. The monoisotopic (exact) mass is 415 g/mol. The van der Waals surface area contributed by atoms with Crippen LogP contribution in [0.2, 0.25) is 0 Å². The van der Waals surface area contributed by atoms with Crippen molar-refractivity contribution in [2.24, 2.45) is 5.10 Å². The van der Waals surface area contributed by atoms with Crippen molar-refractivity contribution >= 4 is 12.1 Å². The number of amides is 1. The molecule has 0 spiro atoms. The van der Waals surface area contributed by atoms with E-state index < -0.39 is 35.5 Å². The molecule has 6 nitrogen and oxygen atoms in total. The minimum atomic E-state index is -1.38. The van der Waals surface area contributed by atoms with Gasteiger partial charge in [-0.05, 0) is 49.6 Å². The molecule has 0 saturated carbocycles. The zero-order valence-corrected chi connectivity index (χ0v) is 16.5. The van der Waals surface area contributed by atoms with Gasteiger partial charge < -0.3 is 15.1 Å². The van der Waals surface area contributed by atoms with Gasteiger partial charge in [-0.2, -0.15) is 5.10 Å². The number of nitrogens with zero attached hydrogens (tertiary/aromatic N) is 3. The molecule has 2 N–H and O–H groups in total. The van der Waals surface area contributed by atoms with Gasteiger partial charge in [0.25, 0.3) is 5.91 Å². The highest BCUT2D eigenvalue weighted by molar-refractivity contribution is 5.96. The number of piperazine rings is 1. The minimum absolute atomic E-state index is 0.100. The Kier molecular flexibility index (Phi) is 5.42. The molecule has 0 aromatic heterocycles. The van der Waals surface area contributed by atoms with Crippen LogP contribution in [0.25, 0.3) is 0 Å². The predicted octanol–water partition coefficient (Wildman–Crippen LogP) is 3.15. The molecule has 4 rings (SSSR count). The van der Waals surface area contributed by atoms with Gasteiger partial charge in [0, 0.05) is 19.0 Å². The van der Waals surface area contributed by atoms with Crippen LogP contribution in [0.3, 0.4) is 0 Å². The van der Waals surface area contributed by atoms with E-state index in [2.05, 4.69) is 5.10 Å². The quantitative estimate of drug-likeness (QED) is 0.792. The third-order valence-corrected chi connectivity index (χ3v) is 5.76. The summed E-state index contributed by atoms with van der Waals surface area (Å²) in [6.07, 6.45) is 3.83. The Morgan fingerprint density at radius 3 is 2.83 bits per heavy atom. The van der Waals surface area contributed by atoms with Crippen LogP contribution in [0.15, 0.2) is 64.4 Å². The second kappa shape index (κ2) is 8.02. The fraction of sp³-hybridized carbons (Fsp3) is 0.364. The first-order chi connectivity index (χ1) is 14.4. The molecule has 158 valence electrons. The van der Waals surface area contributed by atoms with Crippen molar-refractivity contribution in [2.75, 3.05) is 13.1 Å². The Balaban J connectivity index is 1.86. The maximum Gasteiger partial charge on any atom is 0.275 e. The summed E-state index contributed by atoms with van der Waals surface area (Å²) in [5, 5.41) is 26.0. The van der Waals surface area contributed by atoms with E-state index in [1.54, 1.807) is 17.0 Å². The normalized spacial score (nSPS) is 25.1. The first-order valence-electron chi connectivity index (χ1n) is 9.96. The summed E-state index contributed by atoms with van der Waals surface area (Å²) in [6, 6.07) is 5.59. The number of hydrogen-bond donors (Lipinski definition) is 2. The SMILES string of the molecule is CCN1CC(C(C2=CC(F)=CCC2)c2cccc(F)c2)N2N=CC(O)C(O)=C2C1=O. The average molecular weight is 415 g/mol. The van der Waals surface area contributed by atoms with Crippen molar-refractivity contribution in [3.8, 4) is 0 Å². The van der Waals surface area contributed by atoms with Gasteiger partial charge in [0.1, 0.15) is 17.7 Å². The van der Waals surface area contributed by atoms with Crippen molar-refractivity contribution in [3.63, 3.8) is 0 Å². The van der Waals surface area contributed by atoms with Crippen LogP contribution < -0.4 is 0 Å². The molecule has 3 atom stereocenters. The molecule has 1 aromatic carbocycles. The largest absolute Gasteiger partial charge is 0.507 e. The summed E-state index contributed by atoms with van der Waals surface area (Å²) in [5.41, 5.74) is 1.29. The summed E-state index contributed by atoms with van der Waals surface area (Å²) in [5.74, 6) is -2.16. The number of likely N-dealkylation sites (N-methyl/N-ethyl adjacent to an activating group) is 1. The molecule has 1 fully saturated rings. The van der Waals surface area contributed by atoms with Crippen LogP contribution in [-0.4, -0.2) is 57.5 Å². The number of allylic oxidation sites excluding steroid dienone is 3. The standard InChI is InChI=1S/C22H23F2N3O3/c1-2-26-12-17(27-20(22(26)30)21(29)18(28)11-25-27)19(13-5-3-7-15(23)9-13)14-6-4-8-16(24)10-14/h3,5,7-11,17-19,28-29H,2,4,6,12H2,1H3. The maximum atomic E-state index is 14.1. The van der Waals surface area contributed by atoms with E-state index in [0.29, 0.717) is 24.9 Å². The lowest BCUT2D eigenvalue weighted by atomic mass is 9.79. The number of aliphatic hydroxyl groups excluding tert-OH is 2. The number of halogens is 2. The Hall–Kier alpha value is -3.00. The lowest BCUT2D eigenvalue weighted by Crippen LogP contribution is -2.57. The van der Waals surface area contributed by atoms with Gasteiger partial charge in [-0.15, -0.1) is 0 Å². The van der Waals surface area contributed by atoms with Gasteiger partial charge in [0.2, 0.25) is 0 Å². The van der Waals surface area contributed by atoms with E-state index in [4.69, 9.17) is 0 Å². The van der Waals surface area contributed by atoms with Gasteiger partial charge >= 0.3 is 0 Å². The third kappa shape index (κ3) is 3.52. The molecule has 1 amide bonds. The third-order valence-electron chi connectivity index (χ3n) is 5.76. The molecular weight excluding hydrogens is 392 g/mol. The van der Waals surface area contributed by atoms with Crippen LogP contribution in [-0.2, 0) is 4.79 Å². The number of carbonyl (C=O) groups excluding carboxylic acids is 1. The average Bonchev–Trinajstić information content (AvgIpc) is 2.72. The fourth-order valence-electron chi connectivity index (χ4n) is 4.35. The molecule has 1 aromatic rings. The van der Waals surface area contributed by atoms with E-state index >= 15 is 0 Å². The smallest absolute Gasteiger partial charge is 0.275 e. The molecule has 30 heavy (non-hydrogen) atoms. The Morgan fingerprint density at radius 1 is 1.33 bits per heavy atom. The Morgan fingerprint density at radius 2 is 2.13 bits per heavy atom. The van der Waals surface area contributed by atoms with E-state index in [9.17, 15) is 23.8 Å². The molecule has 2 heterocycles. The van der Waals surface area contributed by atoms with E-state index in [1.807, 2.05) is 6.92 Å². The first-order valence-corrected chi connectivity index (χ1v) is 9.96. The van der Waals surface area contributed by atoms with Crippen molar-refractivity contribution < 1.29 is 23.8 Å². The van der Waals surface area contributed by atoms with Gasteiger partial charge in [-0.3, -0.25) is 9.80 Å². The van der Waals surface area contributed by atoms with Crippen LogP contribution >= 0.6 is 0 Å². The number of benzene rings is 1. The van der Waals surface area contributed by atoms with Crippen molar-refractivity contribution in [2.45, 2.75) is 37.8 Å². The number of hydrogen-bond acceptors (Lipinski definition) is 5. The molecule has 1 aliphatic carbocycles. The second-order valence-corrected chi connectivity index (χ2v) is 7.58. The molecule has 1 saturated heterocycles. The van der Waals surface area contributed by atoms with E-state index in [1.165, 1.54) is 29.3 Å². The van der Waals surface area contributed by atoms with Gasteiger partial charge in [0.15, 0.2) is 11.5 Å². The highest BCUT2D eigenvalue weighted by Crippen LogP contribution is 2.41. The van der Waals surface area contributed by atoms with Crippen molar-refractivity contribution in [3.05, 3.63) is 70.7 Å². The summed E-state index contributed by atoms with van der Waals surface area (Å²) < 4.78 is 28.2. The molecule has 2 aliphatic heterocycles. The number of rotatable bonds is 4. The number of carbonyl (C=O) groups is 1. The molecule has 8 heteroatoms. The number of fused-ring (bicyclic) bond motifs is 1. The zero-order valence-electron chi connectivity index (χ0n) is 16.5. The fourth-order valence-corrected chi connectivity index (χ4v) is 4.35. The topological polar surface area (TPSA) is 76.4 Å². The zero-order chi connectivity index (χ0) is 21.4. The van der Waals surface area contributed by atoms with Crippen molar-refractivity contribution in [1.82, 2.24) is 9.91 Å². The number of hydrazone groups is 1. The summed E-state index contributed by atoms with van der Waals surface area (Å²) in [7, 11) is 0. The molecule has 3 aliphatic rings. The minimum Gasteiger partial charge on any atom is -0.507 e.